The molecule has 0 fully saturated rings. The van der Waals surface area contributed by atoms with Crippen molar-refractivity contribution in [1.82, 2.24) is 10.2 Å². The summed E-state index contributed by atoms with van der Waals surface area (Å²) >= 11 is 1.19. The number of non-ortho nitro benzene ring substituents is 1. The number of aromatic nitrogens is 2. The minimum absolute atomic E-state index is 0.0127. The van der Waals surface area contributed by atoms with Crippen molar-refractivity contribution in [3.8, 4) is 22.1 Å². The topological polar surface area (TPSA) is 107 Å². The van der Waals surface area contributed by atoms with Gasteiger partial charge in [-0.05, 0) is 60.7 Å². The molecule has 10 heteroatoms. The molecule has 1 heterocycles. The van der Waals surface area contributed by atoms with Gasteiger partial charge in [-0.25, -0.2) is 4.39 Å². The summed E-state index contributed by atoms with van der Waals surface area (Å²) in [7, 11) is 0. The van der Waals surface area contributed by atoms with E-state index in [2.05, 4.69) is 15.5 Å². The van der Waals surface area contributed by atoms with Crippen LogP contribution in [-0.4, -0.2) is 21.0 Å². The third-order valence-corrected chi connectivity index (χ3v) is 5.02. The fourth-order valence-electron chi connectivity index (χ4n) is 2.60. The molecule has 3 aromatic carbocycles. The first-order valence-corrected chi connectivity index (χ1v) is 9.73. The van der Waals surface area contributed by atoms with Crippen molar-refractivity contribution in [2.75, 3.05) is 5.32 Å². The number of hydrogen-bond donors (Lipinski definition) is 1. The van der Waals surface area contributed by atoms with Gasteiger partial charge in [0.1, 0.15) is 22.3 Å². The Kier molecular flexibility index (Phi) is 5.63. The minimum Gasteiger partial charge on any atom is -0.457 e. The van der Waals surface area contributed by atoms with Gasteiger partial charge >= 0.3 is 0 Å². The number of nitro benzene ring substituents is 1. The minimum atomic E-state index is -0.475. The average molecular weight is 436 g/mol. The van der Waals surface area contributed by atoms with Crippen LogP contribution in [-0.2, 0) is 0 Å². The van der Waals surface area contributed by atoms with Crippen molar-refractivity contribution in [3.05, 3.63) is 94.3 Å². The zero-order valence-corrected chi connectivity index (χ0v) is 16.5. The molecule has 0 aliphatic carbocycles. The van der Waals surface area contributed by atoms with E-state index in [1.54, 1.807) is 24.3 Å². The zero-order chi connectivity index (χ0) is 21.8. The second kappa shape index (κ2) is 8.67. The lowest BCUT2D eigenvalue weighted by Gasteiger charge is -2.05. The third-order valence-electron chi connectivity index (χ3n) is 4.14. The van der Waals surface area contributed by atoms with Crippen LogP contribution in [0.2, 0.25) is 0 Å². The lowest BCUT2D eigenvalue weighted by molar-refractivity contribution is -0.384. The predicted molar refractivity (Wildman–Crippen MR) is 113 cm³/mol. The number of hydrogen-bond acceptors (Lipinski definition) is 7. The standard InChI is InChI=1S/C21H13FN4O4S/c22-15-5-1-13(2-6-15)19(27)23-21-25-24-20(31-21)14-3-9-17(10-4-14)30-18-11-7-16(8-12-18)26(28)29/h1-12H,(H,23,25,27). The van der Waals surface area contributed by atoms with Gasteiger partial charge in [0.2, 0.25) is 5.13 Å². The first kappa shape index (κ1) is 20.1. The van der Waals surface area contributed by atoms with Gasteiger partial charge in [0.15, 0.2) is 0 Å². The van der Waals surface area contributed by atoms with Crippen molar-refractivity contribution in [2.24, 2.45) is 0 Å². The quantitative estimate of drug-likeness (QED) is 0.325. The van der Waals surface area contributed by atoms with Crippen LogP contribution >= 0.6 is 11.3 Å². The van der Waals surface area contributed by atoms with E-state index >= 15 is 0 Å². The van der Waals surface area contributed by atoms with Crippen molar-refractivity contribution in [1.29, 1.82) is 0 Å². The average Bonchev–Trinajstić information content (AvgIpc) is 3.23. The molecule has 0 spiro atoms. The highest BCUT2D eigenvalue weighted by molar-refractivity contribution is 7.18. The molecule has 4 aromatic rings. The number of nitrogens with zero attached hydrogens (tertiary/aromatic N) is 3. The lowest BCUT2D eigenvalue weighted by Crippen LogP contribution is -2.11. The summed E-state index contributed by atoms with van der Waals surface area (Å²) in [6, 6.07) is 18.0. The second-order valence-corrected chi connectivity index (χ2v) is 7.23. The Balaban J connectivity index is 1.41. The molecule has 0 bridgehead atoms. The maximum absolute atomic E-state index is 13.0. The van der Waals surface area contributed by atoms with Gasteiger partial charge in [-0.2, -0.15) is 0 Å². The molecule has 0 aliphatic rings. The molecule has 0 aliphatic heterocycles. The number of benzene rings is 3. The monoisotopic (exact) mass is 436 g/mol. The van der Waals surface area contributed by atoms with Gasteiger partial charge in [0.05, 0.1) is 4.92 Å². The van der Waals surface area contributed by atoms with E-state index in [0.29, 0.717) is 27.2 Å². The lowest BCUT2D eigenvalue weighted by atomic mass is 10.2. The molecular formula is C21H13FN4O4S. The van der Waals surface area contributed by atoms with Crippen LogP contribution in [0.1, 0.15) is 10.4 Å². The fourth-order valence-corrected chi connectivity index (χ4v) is 3.34. The van der Waals surface area contributed by atoms with Crippen LogP contribution in [0.25, 0.3) is 10.6 Å². The summed E-state index contributed by atoms with van der Waals surface area (Å²) in [6.45, 7) is 0. The molecular weight excluding hydrogens is 423 g/mol. The molecule has 1 N–H and O–H groups in total. The van der Waals surface area contributed by atoms with Crippen LogP contribution in [0, 0.1) is 15.9 Å². The van der Waals surface area contributed by atoms with Gasteiger partial charge in [-0.15, -0.1) is 10.2 Å². The third kappa shape index (κ3) is 4.87. The van der Waals surface area contributed by atoms with E-state index in [-0.39, 0.29) is 5.69 Å². The van der Waals surface area contributed by atoms with E-state index in [9.17, 15) is 19.3 Å². The SMILES string of the molecule is O=C(Nc1nnc(-c2ccc(Oc3ccc([N+](=O)[O-])cc3)cc2)s1)c1ccc(F)cc1. The van der Waals surface area contributed by atoms with Gasteiger partial charge in [-0.1, -0.05) is 11.3 Å². The van der Waals surface area contributed by atoms with E-state index in [1.165, 1.54) is 59.9 Å². The molecule has 0 unspecified atom stereocenters. The summed E-state index contributed by atoms with van der Waals surface area (Å²) in [6.07, 6.45) is 0. The Hall–Kier alpha value is -4.18. The van der Waals surface area contributed by atoms with E-state index in [4.69, 9.17) is 4.74 Å². The smallest absolute Gasteiger partial charge is 0.269 e. The van der Waals surface area contributed by atoms with Crippen LogP contribution < -0.4 is 10.1 Å². The van der Waals surface area contributed by atoms with Crippen molar-refractivity contribution >= 4 is 28.1 Å². The Morgan fingerprint density at radius 2 is 1.55 bits per heavy atom. The van der Waals surface area contributed by atoms with Gasteiger partial charge in [0, 0.05) is 23.3 Å². The van der Waals surface area contributed by atoms with Gasteiger partial charge in [-0.3, -0.25) is 20.2 Å². The number of carbonyl (C=O) groups excluding carboxylic acids is 1. The van der Waals surface area contributed by atoms with E-state index in [0.717, 1.165) is 5.56 Å². The number of nitrogens with one attached hydrogen (secondary N) is 1. The van der Waals surface area contributed by atoms with Crippen LogP contribution in [0.15, 0.2) is 72.8 Å². The Bertz CT molecular complexity index is 1230. The van der Waals surface area contributed by atoms with Gasteiger partial charge < -0.3 is 4.74 Å². The maximum atomic E-state index is 13.0. The summed E-state index contributed by atoms with van der Waals surface area (Å²) < 4.78 is 18.7. The van der Waals surface area contributed by atoms with Crippen LogP contribution in [0.4, 0.5) is 15.2 Å². The highest BCUT2D eigenvalue weighted by Crippen LogP contribution is 2.30. The Morgan fingerprint density at radius 1 is 0.935 bits per heavy atom. The Labute approximate surface area is 179 Å². The van der Waals surface area contributed by atoms with Crippen LogP contribution in [0.5, 0.6) is 11.5 Å². The summed E-state index contributed by atoms with van der Waals surface area (Å²) in [4.78, 5) is 22.4. The number of ether oxygens (including phenoxy) is 1. The molecule has 1 amide bonds. The first-order valence-electron chi connectivity index (χ1n) is 8.91. The van der Waals surface area contributed by atoms with Crippen LogP contribution in [0.3, 0.4) is 0 Å². The van der Waals surface area contributed by atoms with Gasteiger partial charge in [0.25, 0.3) is 11.6 Å². The molecule has 0 saturated heterocycles. The highest BCUT2D eigenvalue weighted by atomic mass is 32.1. The molecule has 0 atom stereocenters. The fraction of sp³-hybridized carbons (Fsp3) is 0. The largest absolute Gasteiger partial charge is 0.457 e. The number of amides is 1. The summed E-state index contributed by atoms with van der Waals surface area (Å²) in [5.74, 6) is 0.192. The normalized spacial score (nSPS) is 10.5. The summed E-state index contributed by atoms with van der Waals surface area (Å²) in [5, 5.41) is 22.3. The molecule has 8 nitrogen and oxygen atoms in total. The maximum Gasteiger partial charge on any atom is 0.269 e. The van der Waals surface area contributed by atoms with E-state index in [1.807, 2.05) is 0 Å². The summed E-state index contributed by atoms with van der Waals surface area (Å²) in [5.41, 5.74) is 1.07. The van der Waals surface area contributed by atoms with E-state index < -0.39 is 16.6 Å². The molecule has 31 heavy (non-hydrogen) atoms. The second-order valence-electron chi connectivity index (χ2n) is 6.25. The zero-order valence-electron chi connectivity index (χ0n) is 15.7. The number of halogens is 1. The predicted octanol–water partition coefficient (Wildman–Crippen LogP) is 5.30. The molecule has 0 saturated carbocycles. The molecule has 0 radical (unpaired) electrons. The number of anilines is 1. The number of carbonyl (C=O) groups is 1. The van der Waals surface area contributed by atoms with Crippen molar-refractivity contribution in [3.63, 3.8) is 0 Å². The molecule has 154 valence electrons. The number of rotatable bonds is 6. The Morgan fingerprint density at radius 3 is 2.16 bits per heavy atom. The first-order chi connectivity index (χ1) is 15.0. The molecule has 4 rings (SSSR count). The number of nitro groups is 1. The van der Waals surface area contributed by atoms with Crippen molar-refractivity contribution < 1.29 is 18.8 Å². The van der Waals surface area contributed by atoms with Crippen molar-refractivity contribution in [2.45, 2.75) is 0 Å². The highest BCUT2D eigenvalue weighted by Gasteiger charge is 2.12. The molecule has 1 aromatic heterocycles.